The highest BCUT2D eigenvalue weighted by Gasteiger charge is 2.41. The minimum atomic E-state index is -0.353. The Bertz CT molecular complexity index is 1240. The van der Waals surface area contributed by atoms with Crippen LogP contribution < -0.4 is 0 Å². The van der Waals surface area contributed by atoms with Gasteiger partial charge in [0.1, 0.15) is 11.9 Å². The van der Waals surface area contributed by atoms with Crippen molar-refractivity contribution in [2.24, 2.45) is 0 Å². The molecule has 2 saturated heterocycles. The molecular weight excluding hydrogens is 501 g/mol. The lowest BCUT2D eigenvalue weighted by Crippen LogP contribution is -2.54. The highest BCUT2D eigenvalue weighted by Crippen LogP contribution is 2.34. The molecule has 3 fully saturated rings. The van der Waals surface area contributed by atoms with E-state index < -0.39 is 0 Å². The first-order valence-electron chi connectivity index (χ1n) is 13.7. The van der Waals surface area contributed by atoms with Crippen LogP contribution in [0.15, 0.2) is 54.3 Å². The highest BCUT2D eigenvalue weighted by atomic mass is 19.1. The van der Waals surface area contributed by atoms with Crippen LogP contribution in [0.25, 0.3) is 6.08 Å². The van der Waals surface area contributed by atoms with E-state index in [-0.39, 0.29) is 48.2 Å². The van der Waals surface area contributed by atoms with Crippen molar-refractivity contribution in [3.05, 3.63) is 76.8 Å². The number of carbonyl (C=O) groups is 3. The maximum atomic E-state index is 14.4. The highest BCUT2D eigenvalue weighted by molar-refractivity contribution is 5.97. The van der Waals surface area contributed by atoms with Crippen LogP contribution in [0.4, 0.5) is 9.18 Å². The molecule has 5 rings (SSSR count). The van der Waals surface area contributed by atoms with Crippen LogP contribution >= 0.6 is 0 Å². The number of ether oxygens (including phenoxy) is 2. The lowest BCUT2D eigenvalue weighted by molar-refractivity contribution is -0.149. The summed E-state index contributed by atoms with van der Waals surface area (Å²) in [6.45, 7) is 4.02. The van der Waals surface area contributed by atoms with Crippen molar-refractivity contribution in [1.82, 2.24) is 14.7 Å². The molecule has 1 saturated carbocycles. The first kappa shape index (κ1) is 26.7. The number of hydrogen-bond acceptors (Lipinski definition) is 5. The first-order chi connectivity index (χ1) is 18.9. The van der Waals surface area contributed by atoms with Gasteiger partial charge in [0.25, 0.3) is 11.8 Å². The van der Waals surface area contributed by atoms with Crippen molar-refractivity contribution < 1.29 is 28.2 Å². The lowest BCUT2D eigenvalue weighted by Gasteiger charge is -2.44. The van der Waals surface area contributed by atoms with E-state index in [1.807, 2.05) is 0 Å². The molecule has 0 radical (unpaired) electrons. The van der Waals surface area contributed by atoms with Crippen LogP contribution in [-0.2, 0) is 20.8 Å². The van der Waals surface area contributed by atoms with Gasteiger partial charge >= 0.3 is 6.09 Å². The Hall–Kier alpha value is -3.88. The summed E-state index contributed by atoms with van der Waals surface area (Å²) in [7, 11) is 0. The van der Waals surface area contributed by atoms with Crippen molar-refractivity contribution in [2.75, 3.05) is 32.8 Å². The molecule has 2 aliphatic heterocycles. The number of fused-ring (bicyclic) bond motifs is 1. The Morgan fingerprint density at radius 3 is 2.41 bits per heavy atom. The second-order valence-corrected chi connectivity index (χ2v) is 10.1. The van der Waals surface area contributed by atoms with Crippen LogP contribution in [0.1, 0.15) is 54.1 Å². The molecule has 9 heteroatoms. The van der Waals surface area contributed by atoms with Gasteiger partial charge < -0.3 is 24.2 Å². The molecule has 1 aliphatic carbocycles. The number of piperazine rings is 1. The lowest BCUT2D eigenvalue weighted by atomic mass is 9.89. The fourth-order valence-electron chi connectivity index (χ4n) is 5.53. The second kappa shape index (κ2) is 11.9. The van der Waals surface area contributed by atoms with E-state index >= 15 is 0 Å². The van der Waals surface area contributed by atoms with Gasteiger partial charge in [0, 0.05) is 43.9 Å². The van der Waals surface area contributed by atoms with E-state index in [4.69, 9.17) is 9.47 Å². The van der Waals surface area contributed by atoms with E-state index in [0.29, 0.717) is 43.9 Å². The van der Waals surface area contributed by atoms with Crippen molar-refractivity contribution in [3.63, 3.8) is 0 Å². The Kier molecular flexibility index (Phi) is 8.14. The molecule has 2 heterocycles. The van der Waals surface area contributed by atoms with Crippen molar-refractivity contribution in [3.8, 4) is 0 Å². The number of hydrogen-bond donors (Lipinski definition) is 0. The molecular formula is C30H34FN3O5. The predicted molar refractivity (Wildman–Crippen MR) is 143 cm³/mol. The number of nitrogens with zero attached hydrogens (tertiary/aromatic N) is 3. The Balaban J connectivity index is 1.28. The minimum absolute atomic E-state index is 0.0766. The average molecular weight is 536 g/mol. The zero-order valence-corrected chi connectivity index (χ0v) is 22.2. The molecule has 3 amide bonds. The van der Waals surface area contributed by atoms with E-state index in [2.05, 4.69) is 0 Å². The SMILES string of the molecule is CCOC(=O)N1CCN(C(=O)c2ccc(/C=C3\OC4CCCCC4N(Cc4ccccc4F)C3=O)cc2)CC1. The van der Waals surface area contributed by atoms with E-state index in [1.54, 1.807) is 70.2 Å². The third-order valence-corrected chi connectivity index (χ3v) is 7.66. The smallest absolute Gasteiger partial charge is 0.409 e. The summed E-state index contributed by atoms with van der Waals surface area (Å²) in [5, 5.41) is 0. The molecule has 2 aromatic rings. The molecule has 2 atom stereocenters. The van der Waals surface area contributed by atoms with Gasteiger partial charge in [0.15, 0.2) is 5.76 Å². The monoisotopic (exact) mass is 535 g/mol. The fourth-order valence-corrected chi connectivity index (χ4v) is 5.53. The van der Waals surface area contributed by atoms with Crippen LogP contribution in [0, 0.1) is 5.82 Å². The third-order valence-electron chi connectivity index (χ3n) is 7.66. The van der Waals surface area contributed by atoms with Gasteiger partial charge in [0.2, 0.25) is 0 Å². The molecule has 0 spiro atoms. The summed E-state index contributed by atoms with van der Waals surface area (Å²) < 4.78 is 25.6. The van der Waals surface area contributed by atoms with Crippen LogP contribution in [-0.4, -0.2) is 77.5 Å². The minimum Gasteiger partial charge on any atom is -0.482 e. The van der Waals surface area contributed by atoms with Gasteiger partial charge in [-0.1, -0.05) is 36.8 Å². The van der Waals surface area contributed by atoms with Gasteiger partial charge in [-0.05, 0) is 56.0 Å². The fraction of sp³-hybridized carbons (Fsp3) is 0.433. The normalized spacial score (nSPS) is 22.4. The summed E-state index contributed by atoms with van der Waals surface area (Å²) in [6, 6.07) is 13.5. The Morgan fingerprint density at radius 2 is 1.69 bits per heavy atom. The number of benzene rings is 2. The van der Waals surface area contributed by atoms with Gasteiger partial charge in [-0.25, -0.2) is 9.18 Å². The summed E-state index contributed by atoms with van der Waals surface area (Å²) in [6.07, 6.45) is 4.95. The number of halogens is 1. The standard InChI is InChI=1S/C30H34FN3O5/c1-2-38-30(37)33-17-15-32(16-18-33)28(35)22-13-11-21(12-14-22)19-27-29(36)34(20-23-7-3-4-8-24(23)31)25-9-5-6-10-26(25)39-27/h3-4,7-8,11-14,19,25-26H,2,5-6,9-10,15-18,20H2,1H3/b27-19-. The van der Waals surface area contributed by atoms with Gasteiger partial charge in [-0.3, -0.25) is 9.59 Å². The predicted octanol–water partition coefficient (Wildman–Crippen LogP) is 4.45. The summed E-state index contributed by atoms with van der Waals surface area (Å²) >= 11 is 0. The molecule has 3 aliphatic rings. The Labute approximate surface area is 228 Å². The average Bonchev–Trinajstić information content (AvgIpc) is 2.96. The third kappa shape index (κ3) is 5.92. The van der Waals surface area contributed by atoms with E-state index in [0.717, 1.165) is 31.2 Å². The van der Waals surface area contributed by atoms with Gasteiger partial charge in [-0.15, -0.1) is 0 Å². The number of carbonyl (C=O) groups excluding carboxylic acids is 3. The molecule has 8 nitrogen and oxygen atoms in total. The zero-order valence-electron chi connectivity index (χ0n) is 22.2. The maximum absolute atomic E-state index is 14.4. The van der Waals surface area contributed by atoms with Gasteiger partial charge in [0.05, 0.1) is 12.6 Å². The number of amides is 3. The number of morpholine rings is 1. The quantitative estimate of drug-likeness (QED) is 0.529. The molecule has 2 unspecified atom stereocenters. The molecule has 0 bridgehead atoms. The van der Waals surface area contributed by atoms with Crippen molar-refractivity contribution >= 4 is 24.0 Å². The van der Waals surface area contributed by atoms with Crippen molar-refractivity contribution in [1.29, 1.82) is 0 Å². The molecule has 0 aromatic heterocycles. The number of rotatable bonds is 5. The summed E-state index contributed by atoms with van der Waals surface area (Å²) in [5.74, 6) is -0.439. The Morgan fingerprint density at radius 1 is 1.00 bits per heavy atom. The second-order valence-electron chi connectivity index (χ2n) is 10.1. The topological polar surface area (TPSA) is 79.4 Å². The van der Waals surface area contributed by atoms with Gasteiger partial charge in [-0.2, -0.15) is 0 Å². The van der Waals surface area contributed by atoms with E-state index in [1.165, 1.54) is 6.07 Å². The molecule has 39 heavy (non-hydrogen) atoms. The van der Waals surface area contributed by atoms with Crippen molar-refractivity contribution in [2.45, 2.75) is 51.3 Å². The summed E-state index contributed by atoms with van der Waals surface area (Å²) in [4.78, 5) is 43.5. The summed E-state index contributed by atoms with van der Waals surface area (Å²) in [5.41, 5.74) is 1.76. The zero-order chi connectivity index (χ0) is 27.4. The van der Waals surface area contributed by atoms with E-state index in [9.17, 15) is 18.8 Å². The van der Waals surface area contributed by atoms with Crippen LogP contribution in [0.2, 0.25) is 0 Å². The van der Waals surface area contributed by atoms with Crippen LogP contribution in [0.3, 0.4) is 0 Å². The van der Waals surface area contributed by atoms with Crippen LogP contribution in [0.5, 0.6) is 0 Å². The molecule has 2 aromatic carbocycles. The maximum Gasteiger partial charge on any atom is 0.409 e. The molecule has 0 N–H and O–H groups in total. The molecule has 206 valence electrons. The largest absolute Gasteiger partial charge is 0.482 e. The first-order valence-corrected chi connectivity index (χ1v) is 13.7.